The fraction of sp³-hybridized carbons (Fsp3) is 0.917. The molecule has 2 fully saturated rings. The maximum atomic E-state index is 10.9. The van der Waals surface area contributed by atoms with Crippen LogP contribution in [0.4, 0.5) is 4.79 Å². The summed E-state index contributed by atoms with van der Waals surface area (Å²) in [6, 6.07) is 0. The fourth-order valence-corrected chi connectivity index (χ4v) is 3.22. The van der Waals surface area contributed by atoms with Crippen molar-refractivity contribution in [1.29, 1.82) is 0 Å². The molecular weight excluding hydrogens is 240 g/mol. The van der Waals surface area contributed by atoms with Gasteiger partial charge in [-0.2, -0.15) is 0 Å². The van der Waals surface area contributed by atoms with Gasteiger partial charge >= 0.3 is 6.09 Å². The summed E-state index contributed by atoms with van der Waals surface area (Å²) in [6.07, 6.45) is 2.46. The molecule has 5 heteroatoms. The number of likely N-dealkylation sites (tertiary alicyclic amines) is 2. The number of carboxylic acid groups (broad SMARTS) is 1. The fourth-order valence-electron chi connectivity index (χ4n) is 3.22. The lowest BCUT2D eigenvalue weighted by molar-refractivity contribution is -0.107. The average molecular weight is 263 g/mol. The van der Waals surface area contributed by atoms with Gasteiger partial charge < -0.3 is 10.0 Å². The van der Waals surface area contributed by atoms with E-state index < -0.39 is 6.09 Å². The standard InChI is InChI=1S/C12H22N2O2.ClH/c1-11(2,3)14-9-6-12(14)4-7-13(8-5-12)10(15)16;/h4-9H2,1-3H3,(H,15,16);1H. The van der Waals surface area contributed by atoms with Crippen LogP contribution in [0.25, 0.3) is 0 Å². The average Bonchev–Trinajstić information content (AvgIpc) is 2.13. The van der Waals surface area contributed by atoms with Crippen molar-refractivity contribution >= 4 is 18.5 Å². The zero-order chi connectivity index (χ0) is 12.0. The number of rotatable bonds is 0. The van der Waals surface area contributed by atoms with E-state index in [1.165, 1.54) is 6.42 Å². The third kappa shape index (κ3) is 2.52. The van der Waals surface area contributed by atoms with Gasteiger partial charge in [0.15, 0.2) is 0 Å². The highest BCUT2D eigenvalue weighted by atomic mass is 35.5. The number of halogens is 1. The number of amides is 1. The third-order valence-electron chi connectivity index (χ3n) is 4.15. The number of carbonyl (C=O) groups is 1. The molecule has 2 aliphatic heterocycles. The highest BCUT2D eigenvalue weighted by Crippen LogP contribution is 2.44. The Morgan fingerprint density at radius 3 is 1.88 bits per heavy atom. The number of hydrogen-bond acceptors (Lipinski definition) is 2. The summed E-state index contributed by atoms with van der Waals surface area (Å²) in [4.78, 5) is 15.0. The van der Waals surface area contributed by atoms with Crippen molar-refractivity contribution in [3.8, 4) is 0 Å². The molecule has 2 rings (SSSR count). The van der Waals surface area contributed by atoms with Crippen molar-refractivity contribution in [1.82, 2.24) is 9.80 Å². The lowest BCUT2D eigenvalue weighted by Crippen LogP contribution is -2.69. The van der Waals surface area contributed by atoms with Gasteiger partial charge in [-0.25, -0.2) is 4.79 Å². The van der Waals surface area contributed by atoms with Crippen molar-refractivity contribution in [2.75, 3.05) is 19.6 Å². The monoisotopic (exact) mass is 262 g/mol. The first kappa shape index (κ1) is 14.6. The summed E-state index contributed by atoms with van der Waals surface area (Å²) < 4.78 is 0. The van der Waals surface area contributed by atoms with Crippen molar-refractivity contribution in [2.24, 2.45) is 0 Å². The molecule has 17 heavy (non-hydrogen) atoms. The summed E-state index contributed by atoms with van der Waals surface area (Å²) in [7, 11) is 0. The smallest absolute Gasteiger partial charge is 0.407 e. The van der Waals surface area contributed by atoms with Gasteiger partial charge in [-0.1, -0.05) is 0 Å². The maximum Gasteiger partial charge on any atom is 0.407 e. The second-order valence-corrected chi connectivity index (χ2v) is 6.07. The van der Waals surface area contributed by atoms with Gasteiger partial charge in [0.25, 0.3) is 0 Å². The highest BCUT2D eigenvalue weighted by Gasteiger charge is 2.50. The molecule has 0 aromatic heterocycles. The van der Waals surface area contributed by atoms with Crippen LogP contribution < -0.4 is 0 Å². The van der Waals surface area contributed by atoms with E-state index in [-0.39, 0.29) is 17.9 Å². The third-order valence-corrected chi connectivity index (χ3v) is 4.15. The number of hydrogen-bond donors (Lipinski definition) is 1. The normalized spacial score (nSPS) is 24.1. The molecule has 2 aliphatic rings. The zero-order valence-corrected chi connectivity index (χ0v) is 11.7. The van der Waals surface area contributed by atoms with E-state index in [4.69, 9.17) is 5.11 Å². The number of piperidine rings is 1. The Balaban J connectivity index is 0.00000144. The summed E-state index contributed by atoms with van der Waals surface area (Å²) >= 11 is 0. The molecule has 0 aromatic rings. The summed E-state index contributed by atoms with van der Waals surface area (Å²) in [5, 5.41) is 8.94. The molecule has 0 aliphatic carbocycles. The van der Waals surface area contributed by atoms with Crippen LogP contribution in [-0.4, -0.2) is 51.7 Å². The molecule has 2 heterocycles. The van der Waals surface area contributed by atoms with E-state index in [2.05, 4.69) is 25.7 Å². The molecule has 0 saturated carbocycles. The van der Waals surface area contributed by atoms with Crippen LogP contribution in [-0.2, 0) is 0 Å². The van der Waals surface area contributed by atoms with Crippen LogP contribution in [0, 0.1) is 0 Å². The van der Waals surface area contributed by atoms with Gasteiger partial charge in [0.1, 0.15) is 0 Å². The summed E-state index contributed by atoms with van der Waals surface area (Å²) in [5.41, 5.74) is 0.508. The second-order valence-electron chi connectivity index (χ2n) is 6.07. The SMILES string of the molecule is CC(C)(C)N1CCC12CCN(C(=O)O)CC2.Cl. The lowest BCUT2D eigenvalue weighted by Gasteiger charge is -2.61. The van der Waals surface area contributed by atoms with Crippen molar-refractivity contribution in [3.05, 3.63) is 0 Å². The predicted molar refractivity (Wildman–Crippen MR) is 69.9 cm³/mol. The number of nitrogens with zero attached hydrogens (tertiary/aromatic N) is 2. The largest absolute Gasteiger partial charge is 0.465 e. The minimum Gasteiger partial charge on any atom is -0.465 e. The molecule has 0 radical (unpaired) electrons. The van der Waals surface area contributed by atoms with Crippen molar-refractivity contribution in [3.63, 3.8) is 0 Å². The van der Waals surface area contributed by atoms with Crippen LogP contribution >= 0.6 is 12.4 Å². The Morgan fingerprint density at radius 1 is 1.12 bits per heavy atom. The van der Waals surface area contributed by atoms with Gasteiger partial charge in [0.05, 0.1) is 0 Å². The quantitative estimate of drug-likeness (QED) is 0.729. The van der Waals surface area contributed by atoms with Gasteiger partial charge in [-0.05, 0) is 40.0 Å². The second kappa shape index (κ2) is 4.65. The van der Waals surface area contributed by atoms with E-state index in [9.17, 15) is 4.79 Å². The first-order chi connectivity index (χ1) is 7.35. The van der Waals surface area contributed by atoms with Gasteiger partial charge in [-0.15, -0.1) is 12.4 Å². The van der Waals surface area contributed by atoms with Crippen molar-refractivity contribution in [2.45, 2.75) is 51.1 Å². The lowest BCUT2D eigenvalue weighted by atomic mass is 9.73. The Morgan fingerprint density at radius 2 is 1.59 bits per heavy atom. The minimum absolute atomic E-state index is 0. The van der Waals surface area contributed by atoms with Crippen molar-refractivity contribution < 1.29 is 9.90 Å². The molecule has 0 bridgehead atoms. The van der Waals surface area contributed by atoms with Crippen LogP contribution in [0.15, 0.2) is 0 Å². The van der Waals surface area contributed by atoms with Gasteiger partial charge in [0.2, 0.25) is 0 Å². The Labute approximate surface area is 109 Å². The predicted octanol–water partition coefficient (Wildman–Crippen LogP) is 2.43. The zero-order valence-electron chi connectivity index (χ0n) is 10.9. The highest BCUT2D eigenvalue weighted by molar-refractivity contribution is 5.85. The molecule has 1 spiro atoms. The van der Waals surface area contributed by atoms with Crippen LogP contribution in [0.2, 0.25) is 0 Å². The molecule has 1 amide bonds. The maximum absolute atomic E-state index is 10.9. The molecule has 1 N–H and O–H groups in total. The van der Waals surface area contributed by atoms with E-state index in [1.54, 1.807) is 4.90 Å². The van der Waals surface area contributed by atoms with Gasteiger partial charge in [0, 0.05) is 30.7 Å². The van der Waals surface area contributed by atoms with E-state index in [0.717, 1.165) is 19.4 Å². The minimum atomic E-state index is -0.767. The molecule has 4 nitrogen and oxygen atoms in total. The molecular formula is C12H23ClN2O2. The van der Waals surface area contributed by atoms with E-state index >= 15 is 0 Å². The summed E-state index contributed by atoms with van der Waals surface area (Å²) in [6.45, 7) is 9.30. The first-order valence-electron chi connectivity index (χ1n) is 6.11. The Bertz CT molecular complexity index is 293. The topological polar surface area (TPSA) is 43.8 Å². The van der Waals surface area contributed by atoms with E-state index in [0.29, 0.717) is 18.6 Å². The van der Waals surface area contributed by atoms with Crippen LogP contribution in [0.1, 0.15) is 40.0 Å². The Hall–Kier alpha value is -0.480. The summed E-state index contributed by atoms with van der Waals surface area (Å²) in [5.74, 6) is 0. The molecule has 100 valence electrons. The molecule has 0 aromatic carbocycles. The molecule has 0 unspecified atom stereocenters. The van der Waals surface area contributed by atoms with Gasteiger partial charge in [-0.3, -0.25) is 4.90 Å². The molecule has 2 saturated heterocycles. The van der Waals surface area contributed by atoms with Crippen LogP contribution in [0.5, 0.6) is 0 Å². The first-order valence-corrected chi connectivity index (χ1v) is 6.11. The van der Waals surface area contributed by atoms with E-state index in [1.807, 2.05) is 0 Å². The molecule has 0 atom stereocenters. The Kier molecular flexibility index (Phi) is 3.99. The van der Waals surface area contributed by atoms with Crippen LogP contribution in [0.3, 0.4) is 0 Å².